The molecule has 0 unspecified atom stereocenters. The third-order valence-electron chi connectivity index (χ3n) is 2.57. The van der Waals surface area contributed by atoms with E-state index in [0.29, 0.717) is 22.6 Å². The van der Waals surface area contributed by atoms with Gasteiger partial charge in [0.25, 0.3) is 0 Å². The second kappa shape index (κ2) is 5.39. The summed E-state index contributed by atoms with van der Waals surface area (Å²) in [5.74, 6) is -0.359. The Kier molecular flexibility index (Phi) is 3.66. The lowest BCUT2D eigenvalue weighted by molar-refractivity contribution is 0.262. The molecule has 0 saturated carbocycles. The van der Waals surface area contributed by atoms with E-state index >= 15 is 0 Å². The summed E-state index contributed by atoms with van der Waals surface area (Å²) in [6.45, 7) is 1.66. The molecule has 2 aromatic carbocycles. The van der Waals surface area contributed by atoms with E-state index in [4.69, 9.17) is 5.73 Å². The zero-order valence-electron chi connectivity index (χ0n) is 10.4. The van der Waals surface area contributed by atoms with Crippen molar-refractivity contribution >= 4 is 23.1 Å². The van der Waals surface area contributed by atoms with E-state index in [1.165, 1.54) is 6.07 Å². The number of benzene rings is 2. The highest BCUT2D eigenvalue weighted by atomic mass is 19.1. The molecule has 98 valence electrons. The highest BCUT2D eigenvalue weighted by Crippen LogP contribution is 2.15. The Hall–Kier alpha value is -2.56. The van der Waals surface area contributed by atoms with Crippen LogP contribution in [0.1, 0.15) is 5.56 Å². The molecule has 2 aromatic rings. The van der Waals surface area contributed by atoms with E-state index in [1.54, 1.807) is 43.3 Å². The van der Waals surface area contributed by atoms with Gasteiger partial charge in [0.2, 0.25) is 0 Å². The number of anilines is 3. The SMILES string of the molecule is Cc1ccc(NC(=O)Nc2cccc(N)c2)cc1F. The zero-order chi connectivity index (χ0) is 13.8. The number of amides is 2. The number of hydrogen-bond donors (Lipinski definition) is 3. The number of aryl methyl sites for hydroxylation is 1. The van der Waals surface area contributed by atoms with Crippen LogP contribution in [0.25, 0.3) is 0 Å². The first kappa shape index (κ1) is 12.9. The van der Waals surface area contributed by atoms with E-state index in [0.717, 1.165) is 0 Å². The molecule has 4 N–H and O–H groups in total. The Morgan fingerprint density at radius 2 is 1.79 bits per heavy atom. The molecule has 19 heavy (non-hydrogen) atoms. The molecule has 0 heterocycles. The summed E-state index contributed by atoms with van der Waals surface area (Å²) in [6, 6.07) is 10.9. The van der Waals surface area contributed by atoms with Gasteiger partial charge in [-0.3, -0.25) is 0 Å². The van der Waals surface area contributed by atoms with E-state index < -0.39 is 6.03 Å². The average molecular weight is 259 g/mol. The van der Waals surface area contributed by atoms with Gasteiger partial charge in [0.05, 0.1) is 0 Å². The maximum atomic E-state index is 13.3. The molecule has 0 radical (unpaired) electrons. The van der Waals surface area contributed by atoms with E-state index in [2.05, 4.69) is 10.6 Å². The fourth-order valence-corrected chi connectivity index (χ4v) is 1.58. The van der Waals surface area contributed by atoms with Gasteiger partial charge in [-0.1, -0.05) is 12.1 Å². The number of carbonyl (C=O) groups excluding carboxylic acids is 1. The lowest BCUT2D eigenvalue weighted by Crippen LogP contribution is -2.19. The van der Waals surface area contributed by atoms with Crippen molar-refractivity contribution in [2.24, 2.45) is 0 Å². The minimum Gasteiger partial charge on any atom is -0.399 e. The summed E-state index contributed by atoms with van der Waals surface area (Å²) < 4.78 is 13.3. The molecule has 0 aliphatic rings. The van der Waals surface area contributed by atoms with Crippen molar-refractivity contribution in [3.05, 3.63) is 53.8 Å². The van der Waals surface area contributed by atoms with Crippen LogP contribution in [-0.4, -0.2) is 6.03 Å². The van der Waals surface area contributed by atoms with Crippen LogP contribution in [-0.2, 0) is 0 Å². The smallest absolute Gasteiger partial charge is 0.323 e. The van der Waals surface area contributed by atoms with Crippen LogP contribution >= 0.6 is 0 Å². The number of nitrogen functional groups attached to an aromatic ring is 1. The van der Waals surface area contributed by atoms with Crippen LogP contribution in [0.15, 0.2) is 42.5 Å². The highest BCUT2D eigenvalue weighted by molar-refractivity contribution is 5.99. The molecule has 0 aliphatic heterocycles. The Balaban J connectivity index is 2.03. The molecular weight excluding hydrogens is 245 g/mol. The quantitative estimate of drug-likeness (QED) is 0.724. The molecule has 0 aromatic heterocycles. The fourth-order valence-electron chi connectivity index (χ4n) is 1.58. The first-order valence-electron chi connectivity index (χ1n) is 5.74. The topological polar surface area (TPSA) is 67.2 Å². The maximum absolute atomic E-state index is 13.3. The van der Waals surface area contributed by atoms with E-state index in [-0.39, 0.29) is 5.82 Å². The summed E-state index contributed by atoms with van der Waals surface area (Å²) in [7, 11) is 0. The zero-order valence-corrected chi connectivity index (χ0v) is 10.4. The molecule has 5 heteroatoms. The van der Waals surface area contributed by atoms with Gasteiger partial charge in [0.15, 0.2) is 0 Å². The van der Waals surface area contributed by atoms with Gasteiger partial charge in [-0.15, -0.1) is 0 Å². The highest BCUT2D eigenvalue weighted by Gasteiger charge is 2.04. The largest absolute Gasteiger partial charge is 0.399 e. The van der Waals surface area contributed by atoms with E-state index in [9.17, 15) is 9.18 Å². The molecule has 0 aliphatic carbocycles. The molecular formula is C14H14FN3O. The first-order chi connectivity index (χ1) is 9.04. The lowest BCUT2D eigenvalue weighted by atomic mass is 10.2. The normalized spacial score (nSPS) is 10.0. The van der Waals surface area contributed by atoms with Crippen molar-refractivity contribution in [1.29, 1.82) is 0 Å². The summed E-state index contributed by atoms with van der Waals surface area (Å²) >= 11 is 0. The minimum atomic E-state index is -0.450. The molecule has 2 rings (SSSR count). The van der Waals surface area contributed by atoms with Crippen molar-refractivity contribution < 1.29 is 9.18 Å². The first-order valence-corrected chi connectivity index (χ1v) is 5.74. The Bertz CT molecular complexity index is 613. The van der Waals surface area contributed by atoms with Gasteiger partial charge in [0.1, 0.15) is 5.82 Å². The van der Waals surface area contributed by atoms with Crippen LogP contribution in [0.2, 0.25) is 0 Å². The Morgan fingerprint density at radius 3 is 2.42 bits per heavy atom. The van der Waals surface area contributed by atoms with Crippen molar-refractivity contribution in [3.63, 3.8) is 0 Å². The summed E-state index contributed by atoms with van der Waals surface area (Å²) in [5, 5.41) is 5.16. The van der Waals surface area contributed by atoms with Crippen molar-refractivity contribution in [2.75, 3.05) is 16.4 Å². The van der Waals surface area contributed by atoms with E-state index in [1.807, 2.05) is 0 Å². The number of urea groups is 1. The number of hydrogen-bond acceptors (Lipinski definition) is 2. The number of nitrogens with one attached hydrogen (secondary N) is 2. The molecule has 0 bridgehead atoms. The molecule has 0 spiro atoms. The molecule has 2 amide bonds. The van der Waals surface area contributed by atoms with Crippen LogP contribution in [0.4, 0.5) is 26.2 Å². The molecule has 0 fully saturated rings. The Morgan fingerprint density at radius 1 is 1.11 bits per heavy atom. The number of nitrogens with two attached hydrogens (primary N) is 1. The van der Waals surface area contributed by atoms with Gasteiger partial charge < -0.3 is 16.4 Å². The van der Waals surface area contributed by atoms with Crippen LogP contribution < -0.4 is 16.4 Å². The number of rotatable bonds is 2. The van der Waals surface area contributed by atoms with Crippen LogP contribution in [0.5, 0.6) is 0 Å². The molecule has 0 saturated heterocycles. The standard InChI is InChI=1S/C14H14FN3O/c1-9-5-6-12(8-13(9)15)18-14(19)17-11-4-2-3-10(16)7-11/h2-8H,16H2,1H3,(H2,17,18,19). The second-order valence-electron chi connectivity index (χ2n) is 4.17. The number of carbonyl (C=O) groups is 1. The second-order valence-corrected chi connectivity index (χ2v) is 4.17. The average Bonchev–Trinajstić information content (AvgIpc) is 2.34. The van der Waals surface area contributed by atoms with Crippen LogP contribution in [0, 0.1) is 12.7 Å². The van der Waals surface area contributed by atoms with Gasteiger partial charge in [-0.25, -0.2) is 9.18 Å². The fraction of sp³-hybridized carbons (Fsp3) is 0.0714. The van der Waals surface area contributed by atoms with Gasteiger partial charge in [-0.05, 0) is 42.8 Å². The molecule has 0 atom stereocenters. The van der Waals surface area contributed by atoms with Gasteiger partial charge >= 0.3 is 6.03 Å². The van der Waals surface area contributed by atoms with Crippen molar-refractivity contribution in [2.45, 2.75) is 6.92 Å². The Labute approximate surface area is 110 Å². The summed E-state index contributed by atoms with van der Waals surface area (Å²) in [6.07, 6.45) is 0. The van der Waals surface area contributed by atoms with Crippen molar-refractivity contribution in [3.8, 4) is 0 Å². The van der Waals surface area contributed by atoms with Crippen LogP contribution in [0.3, 0.4) is 0 Å². The maximum Gasteiger partial charge on any atom is 0.323 e. The van der Waals surface area contributed by atoms with Gasteiger partial charge in [0, 0.05) is 17.1 Å². The summed E-state index contributed by atoms with van der Waals surface area (Å²) in [5.41, 5.74) is 7.65. The van der Waals surface area contributed by atoms with Gasteiger partial charge in [-0.2, -0.15) is 0 Å². The minimum absolute atomic E-state index is 0.359. The number of halogens is 1. The summed E-state index contributed by atoms with van der Waals surface area (Å²) in [4.78, 5) is 11.7. The predicted octanol–water partition coefficient (Wildman–Crippen LogP) is 3.36. The predicted molar refractivity (Wildman–Crippen MR) is 74.6 cm³/mol. The molecule has 4 nitrogen and oxygen atoms in total. The third kappa shape index (κ3) is 3.45. The monoisotopic (exact) mass is 259 g/mol. The van der Waals surface area contributed by atoms with Crippen molar-refractivity contribution in [1.82, 2.24) is 0 Å². The third-order valence-corrected chi connectivity index (χ3v) is 2.57. The lowest BCUT2D eigenvalue weighted by Gasteiger charge is -2.08.